The summed E-state index contributed by atoms with van der Waals surface area (Å²) in [4.78, 5) is 0. The van der Waals surface area contributed by atoms with Gasteiger partial charge in [0.05, 0.1) is 0 Å². The average Bonchev–Trinajstić information content (AvgIpc) is 1.72. The molecule has 0 aliphatic rings. The van der Waals surface area contributed by atoms with Gasteiger partial charge in [0, 0.05) is 38.9 Å². The molecule has 0 aromatic carbocycles. The zero-order valence-electron chi connectivity index (χ0n) is 6.23. The van der Waals surface area contributed by atoms with Crippen LogP contribution < -0.4 is 0 Å². The zero-order valence-corrected chi connectivity index (χ0v) is 9.07. The minimum atomic E-state index is 0. The summed E-state index contributed by atoms with van der Waals surface area (Å²) in [6.45, 7) is 5.63. The molecular weight excluding hydrogens is 189 g/mol. The van der Waals surface area contributed by atoms with E-state index in [-0.39, 0.29) is 32.7 Å². The van der Waals surface area contributed by atoms with Crippen LogP contribution in [0.2, 0.25) is 0 Å². The maximum absolute atomic E-state index is 6.69. The van der Waals surface area contributed by atoms with Gasteiger partial charge in [-0.3, -0.25) is 0 Å². The second kappa shape index (κ2) is 15.7. The molecule has 3 heteroatoms. The van der Waals surface area contributed by atoms with Crippen molar-refractivity contribution in [2.75, 3.05) is 0 Å². The maximum atomic E-state index is 6.69. The summed E-state index contributed by atoms with van der Waals surface area (Å²) in [7, 11) is 0. The van der Waals surface area contributed by atoms with Gasteiger partial charge >= 0.3 is 0 Å². The molecular formula is C6H13N2Y-. The van der Waals surface area contributed by atoms with E-state index in [0.29, 0.717) is 5.70 Å². The van der Waals surface area contributed by atoms with Crippen LogP contribution in [0.15, 0.2) is 11.8 Å². The fraction of sp³-hybridized carbons (Fsp3) is 0.500. The molecule has 0 unspecified atom stereocenters. The minimum absolute atomic E-state index is 0. The van der Waals surface area contributed by atoms with Crippen LogP contribution in [0.4, 0.5) is 0 Å². The summed E-state index contributed by atoms with van der Waals surface area (Å²) in [5.41, 5.74) is 7.11. The van der Waals surface area contributed by atoms with E-state index in [9.17, 15) is 0 Å². The van der Waals surface area contributed by atoms with Crippen LogP contribution in [0.3, 0.4) is 0 Å². The van der Waals surface area contributed by atoms with Crippen LogP contribution in [0.5, 0.6) is 0 Å². The van der Waals surface area contributed by atoms with E-state index in [1.807, 2.05) is 13.8 Å². The van der Waals surface area contributed by atoms with Gasteiger partial charge in [0.2, 0.25) is 0 Å². The van der Waals surface area contributed by atoms with E-state index in [1.165, 1.54) is 6.08 Å². The fourth-order valence-corrected chi connectivity index (χ4v) is 0.125. The molecule has 0 rings (SSSR count). The quantitative estimate of drug-likeness (QED) is 0.635. The van der Waals surface area contributed by atoms with Crippen LogP contribution >= 0.6 is 0 Å². The molecule has 0 aromatic rings. The number of nitrogens with one attached hydrogen (secondary N) is 2. The zero-order chi connectivity index (χ0) is 6.99. The number of hydrogen-bond acceptors (Lipinski definition) is 1. The molecule has 0 atom stereocenters. The van der Waals surface area contributed by atoms with Gasteiger partial charge < -0.3 is 11.1 Å². The third kappa shape index (κ3) is 30.2. The Labute approximate surface area is 82.3 Å². The third-order valence-electron chi connectivity index (χ3n) is 0.333. The van der Waals surface area contributed by atoms with Crippen molar-refractivity contribution in [3.8, 4) is 0 Å². The second-order valence-electron chi connectivity index (χ2n) is 1.02. The van der Waals surface area contributed by atoms with Crippen molar-refractivity contribution in [3.05, 3.63) is 17.5 Å². The van der Waals surface area contributed by atoms with Gasteiger partial charge in [0.25, 0.3) is 0 Å². The first-order valence-electron chi connectivity index (χ1n) is 2.66. The second-order valence-corrected chi connectivity index (χ2v) is 1.02. The Morgan fingerprint density at radius 1 is 1.44 bits per heavy atom. The topological polar surface area (TPSA) is 47.7 Å². The number of rotatable bonds is 1. The Hall–Kier alpha value is 0.314. The molecule has 2 N–H and O–H groups in total. The molecule has 9 heavy (non-hydrogen) atoms. The van der Waals surface area contributed by atoms with Crippen molar-refractivity contribution in [1.29, 1.82) is 5.41 Å². The van der Waals surface area contributed by atoms with Gasteiger partial charge in [-0.2, -0.15) is 5.70 Å². The standard InChI is InChI=1S/C4H7N2.C2H6.Y/c1-4(6)2-3-5;1-2;/h2-3,5-6H,1H3;1-2H3;/q-1;;/b4-2-,5-3?;;. The number of hydrogen-bond donors (Lipinski definition) is 1. The van der Waals surface area contributed by atoms with Gasteiger partial charge in [-0.15, -0.1) is 0 Å². The maximum Gasteiger partial charge on any atom is 0.0162 e. The first kappa shape index (κ1) is 16.1. The Balaban J connectivity index is -0.000000109. The van der Waals surface area contributed by atoms with E-state index in [2.05, 4.69) is 0 Å². The normalized spacial score (nSPS) is 8.11. The van der Waals surface area contributed by atoms with E-state index in [0.717, 1.165) is 6.21 Å². The SMILES string of the molecule is C/C([NH-])=C/C=N.CC.[Y]. The molecule has 0 heterocycles. The monoisotopic (exact) mass is 202 g/mol. The molecule has 0 saturated carbocycles. The van der Waals surface area contributed by atoms with Crippen molar-refractivity contribution in [1.82, 2.24) is 0 Å². The van der Waals surface area contributed by atoms with E-state index in [1.54, 1.807) is 6.92 Å². The largest absolute Gasteiger partial charge is 0.702 e. The average molecular weight is 202 g/mol. The third-order valence-corrected chi connectivity index (χ3v) is 0.333. The van der Waals surface area contributed by atoms with Crippen molar-refractivity contribution < 1.29 is 32.7 Å². The van der Waals surface area contributed by atoms with Crippen LogP contribution in [0.25, 0.3) is 5.73 Å². The number of allylic oxidation sites excluding steroid dienone is 2. The van der Waals surface area contributed by atoms with Crippen molar-refractivity contribution in [3.63, 3.8) is 0 Å². The molecule has 0 aliphatic heterocycles. The molecule has 0 aliphatic carbocycles. The van der Waals surface area contributed by atoms with Crippen molar-refractivity contribution in [2.24, 2.45) is 0 Å². The summed E-state index contributed by atoms with van der Waals surface area (Å²) in [5.74, 6) is 0. The molecule has 0 aromatic heterocycles. The van der Waals surface area contributed by atoms with Crippen molar-refractivity contribution in [2.45, 2.75) is 20.8 Å². The molecule has 0 saturated heterocycles. The Morgan fingerprint density at radius 2 is 1.78 bits per heavy atom. The molecule has 51 valence electrons. The summed E-state index contributed by atoms with van der Waals surface area (Å²) in [6, 6.07) is 0. The predicted molar refractivity (Wildman–Crippen MR) is 38.2 cm³/mol. The van der Waals surface area contributed by atoms with E-state index in [4.69, 9.17) is 11.1 Å². The molecule has 1 radical (unpaired) electrons. The Bertz CT molecular complexity index is 75.1. The van der Waals surface area contributed by atoms with Crippen LogP contribution in [-0.4, -0.2) is 6.21 Å². The first-order valence-corrected chi connectivity index (χ1v) is 2.66. The summed E-state index contributed by atoms with van der Waals surface area (Å²) >= 11 is 0. The van der Waals surface area contributed by atoms with E-state index >= 15 is 0 Å². The van der Waals surface area contributed by atoms with Crippen LogP contribution in [-0.2, 0) is 32.7 Å². The van der Waals surface area contributed by atoms with Gasteiger partial charge in [-0.05, 0) is 0 Å². The summed E-state index contributed by atoms with van der Waals surface area (Å²) in [6.07, 6.45) is 2.52. The summed E-state index contributed by atoms with van der Waals surface area (Å²) < 4.78 is 0. The van der Waals surface area contributed by atoms with E-state index < -0.39 is 0 Å². The van der Waals surface area contributed by atoms with Crippen LogP contribution in [0, 0.1) is 5.41 Å². The molecule has 0 amide bonds. The molecule has 0 fully saturated rings. The predicted octanol–water partition coefficient (Wildman–Crippen LogP) is 2.62. The smallest absolute Gasteiger partial charge is 0.0162 e. The van der Waals surface area contributed by atoms with Gasteiger partial charge in [-0.25, -0.2) is 0 Å². The van der Waals surface area contributed by atoms with Gasteiger partial charge in [0.1, 0.15) is 0 Å². The van der Waals surface area contributed by atoms with Crippen LogP contribution in [0.1, 0.15) is 20.8 Å². The fourth-order valence-electron chi connectivity index (χ4n) is 0.125. The summed E-state index contributed by atoms with van der Waals surface area (Å²) in [5, 5.41) is 6.41. The van der Waals surface area contributed by atoms with Gasteiger partial charge in [0.15, 0.2) is 0 Å². The van der Waals surface area contributed by atoms with Gasteiger partial charge in [-0.1, -0.05) is 26.8 Å². The minimum Gasteiger partial charge on any atom is -0.702 e. The Kier molecular flexibility index (Phi) is 28.3. The Morgan fingerprint density at radius 3 is 1.78 bits per heavy atom. The van der Waals surface area contributed by atoms with Crippen molar-refractivity contribution >= 4 is 6.21 Å². The molecule has 2 nitrogen and oxygen atoms in total. The molecule has 0 spiro atoms. The molecule has 0 bridgehead atoms. The first-order chi connectivity index (χ1) is 3.77.